The molecule has 1 amide bonds. The van der Waals surface area contributed by atoms with Crippen molar-refractivity contribution in [2.24, 2.45) is 0 Å². The van der Waals surface area contributed by atoms with Crippen LogP contribution in [-0.2, 0) is 4.74 Å². The summed E-state index contributed by atoms with van der Waals surface area (Å²) in [7, 11) is 0. The van der Waals surface area contributed by atoms with Crippen molar-refractivity contribution >= 4 is 23.6 Å². The zero-order chi connectivity index (χ0) is 14.0. The van der Waals surface area contributed by atoms with E-state index in [-0.39, 0.29) is 5.95 Å². The molecule has 5 nitrogen and oxygen atoms in total. The first kappa shape index (κ1) is 12.1. The SMILES string of the molecule is [2H]C(C)(Cl)c1cnc(NC(=O)OC(C)(C)C)nc1. The van der Waals surface area contributed by atoms with Crippen LogP contribution in [0.1, 0.15) is 40.0 Å². The monoisotopic (exact) mass is 258 g/mol. The fourth-order valence-corrected chi connectivity index (χ4v) is 1.06. The van der Waals surface area contributed by atoms with E-state index in [9.17, 15) is 4.79 Å². The van der Waals surface area contributed by atoms with Crippen molar-refractivity contribution in [1.29, 1.82) is 0 Å². The summed E-state index contributed by atoms with van der Waals surface area (Å²) < 4.78 is 12.6. The van der Waals surface area contributed by atoms with Crippen LogP contribution in [0.5, 0.6) is 0 Å². The highest BCUT2D eigenvalue weighted by Gasteiger charge is 2.16. The maximum atomic E-state index is 11.4. The molecule has 6 heteroatoms. The topological polar surface area (TPSA) is 64.1 Å². The third-order valence-electron chi connectivity index (χ3n) is 1.66. The Balaban J connectivity index is 2.67. The number of ether oxygens (including phenoxy) is 1. The van der Waals surface area contributed by atoms with Gasteiger partial charge in [0.25, 0.3) is 0 Å². The average molecular weight is 259 g/mol. The minimum absolute atomic E-state index is 0.105. The summed E-state index contributed by atoms with van der Waals surface area (Å²) in [4.78, 5) is 19.2. The van der Waals surface area contributed by atoms with Crippen molar-refractivity contribution in [3.05, 3.63) is 18.0 Å². The fraction of sp³-hybridized carbons (Fsp3) is 0.545. The summed E-state index contributed by atoms with van der Waals surface area (Å²) in [5, 5.41) is 1.10. The molecule has 94 valence electrons. The third-order valence-corrected chi connectivity index (χ3v) is 1.88. The fourth-order valence-electron chi connectivity index (χ4n) is 0.965. The first-order chi connectivity index (χ1) is 8.08. The predicted molar refractivity (Wildman–Crippen MR) is 66.2 cm³/mol. The number of carbonyl (C=O) groups is 1. The highest BCUT2D eigenvalue weighted by molar-refractivity contribution is 6.20. The lowest BCUT2D eigenvalue weighted by atomic mass is 10.2. The van der Waals surface area contributed by atoms with Crippen molar-refractivity contribution in [2.75, 3.05) is 5.32 Å². The van der Waals surface area contributed by atoms with Crippen molar-refractivity contribution in [2.45, 2.75) is 38.6 Å². The number of nitrogens with one attached hydrogen (secondary N) is 1. The molecule has 0 aliphatic rings. The molecule has 17 heavy (non-hydrogen) atoms. The third kappa shape index (κ3) is 4.99. The van der Waals surface area contributed by atoms with Crippen molar-refractivity contribution in [3.8, 4) is 0 Å². The van der Waals surface area contributed by atoms with Crippen LogP contribution in [0, 0.1) is 0 Å². The zero-order valence-electron chi connectivity index (χ0n) is 11.2. The molecule has 0 aromatic carbocycles. The van der Waals surface area contributed by atoms with Gasteiger partial charge in [0, 0.05) is 18.0 Å². The van der Waals surface area contributed by atoms with Gasteiger partial charge in [0.1, 0.15) is 5.60 Å². The molecule has 1 aromatic rings. The minimum atomic E-state index is -1.29. The quantitative estimate of drug-likeness (QED) is 0.828. The van der Waals surface area contributed by atoms with Crippen LogP contribution in [0.25, 0.3) is 0 Å². The molecule has 0 aliphatic heterocycles. The number of carbonyl (C=O) groups excluding carboxylic acids is 1. The highest BCUT2D eigenvalue weighted by atomic mass is 35.5. The summed E-state index contributed by atoms with van der Waals surface area (Å²) in [6.07, 6.45) is 2.15. The van der Waals surface area contributed by atoms with E-state index in [1.165, 1.54) is 19.3 Å². The Morgan fingerprint density at radius 1 is 1.53 bits per heavy atom. The molecular formula is C11H16ClN3O2. The number of rotatable bonds is 2. The first-order valence-electron chi connectivity index (χ1n) is 5.59. The van der Waals surface area contributed by atoms with Crippen LogP contribution < -0.4 is 5.32 Å². The summed E-state index contributed by atoms with van der Waals surface area (Å²) in [5.41, 5.74) is -0.140. The molecule has 0 spiro atoms. The molecule has 1 N–H and O–H groups in total. The van der Waals surface area contributed by atoms with Gasteiger partial charge in [-0.2, -0.15) is 0 Å². The summed E-state index contributed by atoms with van der Waals surface area (Å²) in [6, 6.07) is 0. The van der Waals surface area contributed by atoms with Gasteiger partial charge < -0.3 is 4.74 Å². The second-order valence-corrected chi connectivity index (χ2v) is 5.02. The van der Waals surface area contributed by atoms with Gasteiger partial charge >= 0.3 is 6.09 Å². The maximum Gasteiger partial charge on any atom is 0.414 e. The standard InChI is InChI=1S/C11H16ClN3O2/c1-7(12)8-5-13-9(14-6-8)15-10(16)17-11(2,3)4/h5-7H,1-4H3,(H,13,14,15,16)/i7D. The number of aromatic nitrogens is 2. The molecule has 1 atom stereocenters. The van der Waals surface area contributed by atoms with Crippen molar-refractivity contribution in [1.82, 2.24) is 9.97 Å². The predicted octanol–water partition coefficient (Wildman–Crippen LogP) is 3.12. The molecule has 0 saturated carbocycles. The largest absolute Gasteiger partial charge is 0.444 e. The van der Waals surface area contributed by atoms with Crippen LogP contribution >= 0.6 is 11.6 Å². The van der Waals surface area contributed by atoms with Gasteiger partial charge in [0.15, 0.2) is 0 Å². The van der Waals surface area contributed by atoms with Gasteiger partial charge in [-0.15, -0.1) is 11.6 Å². The molecule has 1 unspecified atom stereocenters. The maximum absolute atomic E-state index is 11.4. The number of amides is 1. The van der Waals surface area contributed by atoms with Gasteiger partial charge in [-0.1, -0.05) is 0 Å². The Kier molecular flexibility index (Phi) is 3.78. The first-order valence-corrected chi connectivity index (χ1v) is 5.47. The molecule has 1 aromatic heterocycles. The van der Waals surface area contributed by atoms with Gasteiger partial charge in [-0.05, 0) is 27.7 Å². The molecule has 0 saturated heterocycles. The van der Waals surface area contributed by atoms with Crippen molar-refractivity contribution in [3.63, 3.8) is 0 Å². The number of halogens is 1. The van der Waals surface area contributed by atoms with Gasteiger partial charge in [-0.3, -0.25) is 5.32 Å². The van der Waals surface area contributed by atoms with E-state index in [4.69, 9.17) is 17.7 Å². The number of anilines is 1. The second kappa shape index (κ2) is 5.31. The van der Waals surface area contributed by atoms with E-state index < -0.39 is 17.0 Å². The lowest BCUT2D eigenvalue weighted by Crippen LogP contribution is -2.27. The summed E-state index contributed by atoms with van der Waals surface area (Å²) in [5.74, 6) is 0.105. The summed E-state index contributed by atoms with van der Waals surface area (Å²) >= 11 is 5.78. The Labute approximate surface area is 107 Å². The van der Waals surface area contributed by atoms with E-state index in [1.54, 1.807) is 20.8 Å². The Morgan fingerprint density at radius 3 is 2.47 bits per heavy atom. The van der Waals surface area contributed by atoms with E-state index in [2.05, 4.69) is 15.3 Å². The molecule has 1 rings (SSSR count). The molecule has 0 bridgehead atoms. The van der Waals surface area contributed by atoms with E-state index in [1.807, 2.05) is 0 Å². The van der Waals surface area contributed by atoms with Gasteiger partial charge in [-0.25, -0.2) is 14.8 Å². The van der Waals surface area contributed by atoms with Crippen LogP contribution in [0.2, 0.25) is 0 Å². The molecule has 0 fully saturated rings. The molecule has 0 aliphatic carbocycles. The van der Waals surface area contributed by atoms with Crippen LogP contribution in [0.4, 0.5) is 10.7 Å². The van der Waals surface area contributed by atoms with Crippen LogP contribution in [0.15, 0.2) is 12.4 Å². The number of nitrogens with zero attached hydrogens (tertiary/aromatic N) is 2. The number of alkyl halides is 1. The van der Waals surface area contributed by atoms with Gasteiger partial charge in [0.2, 0.25) is 5.95 Å². The highest BCUT2D eigenvalue weighted by Crippen LogP contribution is 2.17. The van der Waals surface area contributed by atoms with E-state index >= 15 is 0 Å². The number of hydrogen-bond acceptors (Lipinski definition) is 4. The minimum Gasteiger partial charge on any atom is -0.444 e. The Bertz CT molecular complexity index is 423. The molecule has 1 heterocycles. The van der Waals surface area contributed by atoms with Crippen molar-refractivity contribution < 1.29 is 10.9 Å². The lowest BCUT2D eigenvalue weighted by Gasteiger charge is -2.19. The Morgan fingerprint density at radius 2 is 2.06 bits per heavy atom. The Hall–Kier alpha value is -1.36. The number of hydrogen-bond donors (Lipinski definition) is 1. The van der Waals surface area contributed by atoms with Gasteiger partial charge in [0.05, 0.1) is 6.72 Å². The molecule has 0 radical (unpaired) electrons. The van der Waals surface area contributed by atoms with Crippen LogP contribution in [-0.4, -0.2) is 21.7 Å². The smallest absolute Gasteiger partial charge is 0.414 e. The summed E-state index contributed by atoms with van der Waals surface area (Å²) in [6.45, 7) is 6.79. The van der Waals surface area contributed by atoms with E-state index in [0.29, 0.717) is 5.56 Å². The lowest BCUT2D eigenvalue weighted by molar-refractivity contribution is 0.0634. The average Bonchev–Trinajstić information content (AvgIpc) is 2.13. The molecular weight excluding hydrogens is 242 g/mol. The normalized spacial score (nSPS) is 15.7. The van der Waals surface area contributed by atoms with Crippen LogP contribution in [0.3, 0.4) is 0 Å². The van der Waals surface area contributed by atoms with E-state index in [0.717, 1.165) is 0 Å². The second-order valence-electron chi connectivity index (χ2n) is 4.46. The zero-order valence-corrected chi connectivity index (χ0v) is 11.0.